The molecule has 0 amide bonds. The first-order chi connectivity index (χ1) is 7.61. The summed E-state index contributed by atoms with van der Waals surface area (Å²) in [5.74, 6) is -0.134. The highest BCUT2D eigenvalue weighted by atomic mass is 16.7. The van der Waals surface area contributed by atoms with E-state index in [0.717, 1.165) is 0 Å². The zero-order chi connectivity index (χ0) is 12.0. The van der Waals surface area contributed by atoms with Crippen molar-refractivity contribution in [3.8, 4) is 5.75 Å². The van der Waals surface area contributed by atoms with Gasteiger partial charge in [0.05, 0.1) is 12.8 Å². The molecule has 0 saturated heterocycles. The second-order valence-corrected chi connectivity index (χ2v) is 3.18. The Labute approximate surface area is 93.3 Å². The van der Waals surface area contributed by atoms with Gasteiger partial charge >= 0.3 is 5.97 Å². The molecule has 1 rings (SSSR count). The van der Waals surface area contributed by atoms with E-state index in [4.69, 9.17) is 4.74 Å². The lowest BCUT2D eigenvalue weighted by molar-refractivity contribution is -0.143. The first kappa shape index (κ1) is 12.0. The number of methoxy groups -OCH3 is 1. The molecule has 0 aliphatic carbocycles. The molecule has 86 valence electrons. The fraction of sp³-hybridized carbons (Fsp3) is 0.273. The standard InChI is InChI=1S/C11H13NO4/c1-8(13)7-11(14)16-12-9-3-5-10(15-2)6-4-9/h3-6,12H,7H2,1-2H3. The van der Waals surface area contributed by atoms with Gasteiger partial charge in [-0.15, -0.1) is 0 Å². The largest absolute Gasteiger partial charge is 0.497 e. The fourth-order valence-corrected chi connectivity index (χ4v) is 1.01. The van der Waals surface area contributed by atoms with Crippen LogP contribution in [-0.2, 0) is 14.4 Å². The monoisotopic (exact) mass is 223 g/mol. The average Bonchev–Trinajstić information content (AvgIpc) is 2.26. The van der Waals surface area contributed by atoms with E-state index in [2.05, 4.69) is 10.3 Å². The van der Waals surface area contributed by atoms with E-state index in [0.29, 0.717) is 11.4 Å². The summed E-state index contributed by atoms with van der Waals surface area (Å²) in [6.07, 6.45) is -0.233. The van der Waals surface area contributed by atoms with Crippen molar-refractivity contribution in [1.29, 1.82) is 0 Å². The van der Waals surface area contributed by atoms with E-state index in [1.54, 1.807) is 31.4 Å². The Kier molecular flexibility index (Phi) is 4.32. The summed E-state index contributed by atoms with van der Waals surface area (Å²) in [4.78, 5) is 26.3. The Balaban J connectivity index is 2.42. The molecule has 0 aromatic heterocycles. The fourth-order valence-electron chi connectivity index (χ4n) is 1.01. The maximum atomic E-state index is 11.0. The average molecular weight is 223 g/mol. The molecule has 0 spiro atoms. The van der Waals surface area contributed by atoms with E-state index in [9.17, 15) is 9.59 Å². The second-order valence-electron chi connectivity index (χ2n) is 3.18. The van der Waals surface area contributed by atoms with Gasteiger partial charge in [0, 0.05) is 0 Å². The zero-order valence-corrected chi connectivity index (χ0v) is 9.15. The number of carbonyl (C=O) groups is 2. The first-order valence-electron chi connectivity index (χ1n) is 4.71. The molecule has 0 saturated carbocycles. The Morgan fingerprint density at radius 3 is 2.38 bits per heavy atom. The van der Waals surface area contributed by atoms with Crippen LogP contribution in [-0.4, -0.2) is 18.9 Å². The third-order valence-electron chi connectivity index (χ3n) is 1.77. The second kappa shape index (κ2) is 5.75. The number of anilines is 1. The predicted octanol–water partition coefficient (Wildman–Crippen LogP) is 1.54. The molecule has 0 atom stereocenters. The lowest BCUT2D eigenvalue weighted by Crippen LogP contribution is -2.13. The Morgan fingerprint density at radius 1 is 1.25 bits per heavy atom. The lowest BCUT2D eigenvalue weighted by atomic mass is 10.3. The van der Waals surface area contributed by atoms with Gasteiger partial charge in [-0.25, -0.2) is 10.3 Å². The molecule has 0 unspecified atom stereocenters. The van der Waals surface area contributed by atoms with Crippen LogP contribution < -0.4 is 10.2 Å². The Hall–Kier alpha value is -2.04. The van der Waals surface area contributed by atoms with Crippen LogP contribution in [0.1, 0.15) is 13.3 Å². The normalized spacial score (nSPS) is 9.38. The SMILES string of the molecule is COc1ccc(NOC(=O)CC(C)=O)cc1. The van der Waals surface area contributed by atoms with Crippen LogP contribution in [0.5, 0.6) is 5.75 Å². The first-order valence-corrected chi connectivity index (χ1v) is 4.71. The molecule has 0 aliphatic heterocycles. The number of ketones is 1. The number of hydrogen-bond acceptors (Lipinski definition) is 5. The molecule has 0 radical (unpaired) electrons. The van der Waals surface area contributed by atoms with Crippen molar-refractivity contribution in [2.75, 3.05) is 12.6 Å². The van der Waals surface area contributed by atoms with Gasteiger partial charge in [-0.1, -0.05) is 0 Å². The van der Waals surface area contributed by atoms with E-state index in [-0.39, 0.29) is 12.2 Å². The van der Waals surface area contributed by atoms with Crippen molar-refractivity contribution in [3.63, 3.8) is 0 Å². The van der Waals surface area contributed by atoms with Crippen LogP contribution in [0.3, 0.4) is 0 Å². The Bertz CT molecular complexity index is 372. The van der Waals surface area contributed by atoms with Crippen LogP contribution in [0.4, 0.5) is 5.69 Å². The molecule has 0 bridgehead atoms. The van der Waals surface area contributed by atoms with Crippen LogP contribution in [0.15, 0.2) is 24.3 Å². The molecule has 1 aromatic rings. The third kappa shape index (κ3) is 4.00. The van der Waals surface area contributed by atoms with E-state index < -0.39 is 5.97 Å². The Morgan fingerprint density at radius 2 is 1.88 bits per heavy atom. The number of benzene rings is 1. The minimum atomic E-state index is -0.608. The predicted molar refractivity (Wildman–Crippen MR) is 58.0 cm³/mol. The highest BCUT2D eigenvalue weighted by Gasteiger charge is 2.06. The zero-order valence-electron chi connectivity index (χ0n) is 9.15. The van der Waals surface area contributed by atoms with Crippen molar-refractivity contribution >= 4 is 17.4 Å². The molecule has 0 aliphatic rings. The number of ether oxygens (including phenoxy) is 1. The third-order valence-corrected chi connectivity index (χ3v) is 1.77. The van der Waals surface area contributed by atoms with Crippen LogP contribution in [0.25, 0.3) is 0 Å². The van der Waals surface area contributed by atoms with Gasteiger partial charge in [-0.2, -0.15) is 0 Å². The highest BCUT2D eigenvalue weighted by molar-refractivity contribution is 5.94. The number of rotatable bonds is 5. The summed E-state index contributed by atoms with van der Waals surface area (Å²) in [5.41, 5.74) is 3.05. The minimum absolute atomic E-state index is 0.233. The topological polar surface area (TPSA) is 64.6 Å². The van der Waals surface area contributed by atoms with Crippen LogP contribution in [0.2, 0.25) is 0 Å². The number of carbonyl (C=O) groups excluding carboxylic acids is 2. The van der Waals surface area contributed by atoms with Crippen LogP contribution in [0, 0.1) is 0 Å². The summed E-state index contributed by atoms with van der Waals surface area (Å²) in [6.45, 7) is 1.33. The van der Waals surface area contributed by atoms with Gasteiger partial charge in [0.2, 0.25) is 0 Å². The van der Waals surface area contributed by atoms with Gasteiger partial charge in [0.1, 0.15) is 18.0 Å². The van der Waals surface area contributed by atoms with Gasteiger partial charge in [-0.05, 0) is 31.2 Å². The summed E-state index contributed by atoms with van der Waals surface area (Å²) in [5, 5.41) is 0. The molecule has 16 heavy (non-hydrogen) atoms. The number of hydrogen-bond donors (Lipinski definition) is 1. The van der Waals surface area contributed by atoms with Crippen molar-refractivity contribution in [1.82, 2.24) is 0 Å². The number of nitrogens with one attached hydrogen (secondary N) is 1. The molecule has 1 aromatic carbocycles. The molecule has 0 heterocycles. The molecule has 5 heteroatoms. The number of Topliss-reactive ketones (excluding diaryl/α,β-unsaturated/α-hetero) is 1. The summed E-state index contributed by atoms with van der Waals surface area (Å²) < 4.78 is 4.97. The maximum Gasteiger partial charge on any atom is 0.339 e. The summed E-state index contributed by atoms with van der Waals surface area (Å²) >= 11 is 0. The minimum Gasteiger partial charge on any atom is -0.497 e. The van der Waals surface area contributed by atoms with Crippen molar-refractivity contribution < 1.29 is 19.2 Å². The lowest BCUT2D eigenvalue weighted by Gasteiger charge is -2.06. The van der Waals surface area contributed by atoms with Gasteiger partial charge in [-0.3, -0.25) is 4.79 Å². The van der Waals surface area contributed by atoms with E-state index in [1.807, 2.05) is 0 Å². The van der Waals surface area contributed by atoms with Gasteiger partial charge in [0.15, 0.2) is 0 Å². The highest BCUT2D eigenvalue weighted by Crippen LogP contribution is 2.14. The molecule has 1 N–H and O–H groups in total. The van der Waals surface area contributed by atoms with Gasteiger partial charge < -0.3 is 9.57 Å². The molecular weight excluding hydrogens is 210 g/mol. The van der Waals surface area contributed by atoms with Crippen LogP contribution >= 0.6 is 0 Å². The summed E-state index contributed by atoms with van der Waals surface area (Å²) in [7, 11) is 1.56. The van der Waals surface area contributed by atoms with E-state index >= 15 is 0 Å². The molecular formula is C11H13NO4. The molecule has 5 nitrogen and oxygen atoms in total. The van der Waals surface area contributed by atoms with Crippen molar-refractivity contribution in [2.45, 2.75) is 13.3 Å². The van der Waals surface area contributed by atoms with Gasteiger partial charge in [0.25, 0.3) is 0 Å². The van der Waals surface area contributed by atoms with Crippen molar-refractivity contribution in [2.24, 2.45) is 0 Å². The smallest absolute Gasteiger partial charge is 0.339 e. The molecule has 0 fully saturated rings. The maximum absolute atomic E-state index is 11.0. The quantitative estimate of drug-likeness (QED) is 0.606. The summed E-state index contributed by atoms with van der Waals surface area (Å²) in [6, 6.07) is 6.84. The van der Waals surface area contributed by atoms with Crippen molar-refractivity contribution in [3.05, 3.63) is 24.3 Å². The van der Waals surface area contributed by atoms with E-state index in [1.165, 1.54) is 6.92 Å².